The Kier molecular flexibility index (Phi) is 11.6. The summed E-state index contributed by atoms with van der Waals surface area (Å²) >= 11 is 12.4. The predicted molar refractivity (Wildman–Crippen MR) is 188 cm³/mol. The van der Waals surface area contributed by atoms with Crippen LogP contribution in [-0.2, 0) is 26.2 Å². The first-order valence-electron chi connectivity index (χ1n) is 15.2. The number of benzene rings is 4. The molecule has 0 spiro atoms. The van der Waals surface area contributed by atoms with Crippen molar-refractivity contribution in [1.82, 2.24) is 10.2 Å². The number of ether oxygens (including phenoxy) is 1. The van der Waals surface area contributed by atoms with E-state index in [1.54, 1.807) is 61.5 Å². The van der Waals surface area contributed by atoms with Gasteiger partial charge in [-0.15, -0.1) is 0 Å². The molecule has 2 amide bonds. The second-order valence-corrected chi connectivity index (χ2v) is 14.8. The summed E-state index contributed by atoms with van der Waals surface area (Å²) in [5.41, 5.74) is 1.20. The third-order valence-corrected chi connectivity index (χ3v) is 9.74. The van der Waals surface area contributed by atoms with Gasteiger partial charge in [0.25, 0.3) is 10.0 Å². The Morgan fingerprint density at radius 3 is 2.04 bits per heavy atom. The van der Waals surface area contributed by atoms with Crippen molar-refractivity contribution in [2.45, 2.75) is 64.1 Å². The van der Waals surface area contributed by atoms with Gasteiger partial charge in [0.2, 0.25) is 11.8 Å². The molecule has 0 fully saturated rings. The predicted octanol–water partition coefficient (Wildman–Crippen LogP) is 8.01. The van der Waals surface area contributed by atoms with Crippen molar-refractivity contribution >= 4 is 50.7 Å². The molecular formula is C36H39Cl2N3O5S. The van der Waals surface area contributed by atoms with E-state index in [4.69, 9.17) is 27.9 Å². The number of rotatable bonds is 12. The minimum absolute atomic E-state index is 0.00589. The molecule has 1 atom stereocenters. The SMILES string of the molecule is CCC(C(=O)NC(C)(C)C)N(Cc1ccc(Cl)c(Cl)c1)C(=O)CN(c1ccc(Oc2ccccc2)cc1)S(=O)(=O)c1ccc(C)cc1. The van der Waals surface area contributed by atoms with E-state index in [-0.39, 0.29) is 29.5 Å². The summed E-state index contributed by atoms with van der Waals surface area (Å²) in [7, 11) is -4.23. The fourth-order valence-electron chi connectivity index (χ4n) is 4.88. The van der Waals surface area contributed by atoms with Crippen LogP contribution in [0.25, 0.3) is 0 Å². The molecule has 0 saturated carbocycles. The number of carbonyl (C=O) groups is 2. The summed E-state index contributed by atoms with van der Waals surface area (Å²) in [4.78, 5) is 29.3. The van der Waals surface area contributed by atoms with E-state index < -0.39 is 34.1 Å². The molecular weight excluding hydrogens is 657 g/mol. The normalized spacial score (nSPS) is 12.2. The fraction of sp³-hybridized carbons (Fsp3) is 0.278. The number of para-hydroxylation sites is 1. The van der Waals surface area contributed by atoms with Crippen molar-refractivity contribution in [2.75, 3.05) is 10.8 Å². The summed E-state index contributed by atoms with van der Waals surface area (Å²) in [6, 6.07) is 26.1. The van der Waals surface area contributed by atoms with Gasteiger partial charge in [-0.05, 0) is 100 Å². The number of halogens is 2. The van der Waals surface area contributed by atoms with Gasteiger partial charge in [0.05, 0.1) is 20.6 Å². The lowest BCUT2D eigenvalue weighted by Gasteiger charge is -2.35. The lowest BCUT2D eigenvalue weighted by molar-refractivity contribution is -0.141. The van der Waals surface area contributed by atoms with Gasteiger partial charge in [0.1, 0.15) is 24.1 Å². The number of anilines is 1. The average molecular weight is 697 g/mol. The van der Waals surface area contributed by atoms with E-state index in [1.165, 1.54) is 17.0 Å². The van der Waals surface area contributed by atoms with Gasteiger partial charge in [-0.25, -0.2) is 8.42 Å². The highest BCUT2D eigenvalue weighted by molar-refractivity contribution is 7.92. The summed E-state index contributed by atoms with van der Waals surface area (Å²) in [6.45, 7) is 8.63. The monoisotopic (exact) mass is 695 g/mol. The van der Waals surface area contributed by atoms with Crippen molar-refractivity contribution in [3.63, 3.8) is 0 Å². The van der Waals surface area contributed by atoms with Crippen LogP contribution in [0, 0.1) is 6.92 Å². The molecule has 8 nitrogen and oxygen atoms in total. The average Bonchev–Trinajstić information content (AvgIpc) is 3.01. The Labute approximate surface area is 287 Å². The molecule has 11 heteroatoms. The molecule has 248 valence electrons. The molecule has 0 aliphatic rings. The fourth-order valence-corrected chi connectivity index (χ4v) is 6.61. The number of nitrogens with one attached hydrogen (secondary N) is 1. The largest absolute Gasteiger partial charge is 0.457 e. The molecule has 4 aromatic rings. The van der Waals surface area contributed by atoms with E-state index in [2.05, 4.69) is 5.32 Å². The molecule has 0 radical (unpaired) electrons. The Bertz CT molecular complexity index is 1790. The molecule has 47 heavy (non-hydrogen) atoms. The second-order valence-electron chi connectivity index (χ2n) is 12.2. The lowest BCUT2D eigenvalue weighted by atomic mass is 10.1. The molecule has 0 aromatic heterocycles. The molecule has 1 N–H and O–H groups in total. The van der Waals surface area contributed by atoms with E-state index in [1.807, 2.05) is 58.0 Å². The first-order valence-corrected chi connectivity index (χ1v) is 17.4. The number of nitrogens with zero attached hydrogens (tertiary/aromatic N) is 2. The van der Waals surface area contributed by atoms with Crippen LogP contribution in [0.15, 0.2) is 102 Å². The first-order chi connectivity index (χ1) is 22.2. The number of carbonyl (C=O) groups excluding carboxylic acids is 2. The zero-order valence-electron chi connectivity index (χ0n) is 27.0. The number of hydrogen-bond acceptors (Lipinski definition) is 5. The highest BCUT2D eigenvalue weighted by Crippen LogP contribution is 2.29. The Morgan fingerprint density at radius 1 is 0.851 bits per heavy atom. The second kappa shape index (κ2) is 15.2. The van der Waals surface area contributed by atoms with E-state index in [0.29, 0.717) is 27.1 Å². The Hall–Kier alpha value is -4.05. The number of aryl methyl sites for hydroxylation is 1. The lowest BCUT2D eigenvalue weighted by Crippen LogP contribution is -2.55. The van der Waals surface area contributed by atoms with Crippen molar-refractivity contribution < 1.29 is 22.7 Å². The molecule has 0 heterocycles. The molecule has 0 saturated heterocycles. The van der Waals surface area contributed by atoms with Crippen molar-refractivity contribution in [3.05, 3.63) is 118 Å². The van der Waals surface area contributed by atoms with Gasteiger partial charge in [-0.3, -0.25) is 13.9 Å². The summed E-state index contributed by atoms with van der Waals surface area (Å²) in [5, 5.41) is 3.60. The van der Waals surface area contributed by atoms with Gasteiger partial charge < -0.3 is 15.0 Å². The zero-order chi connectivity index (χ0) is 34.4. The molecule has 4 aromatic carbocycles. The van der Waals surface area contributed by atoms with Crippen LogP contribution < -0.4 is 14.4 Å². The van der Waals surface area contributed by atoms with Gasteiger partial charge >= 0.3 is 0 Å². The minimum atomic E-state index is -4.23. The highest BCUT2D eigenvalue weighted by Gasteiger charge is 2.34. The zero-order valence-corrected chi connectivity index (χ0v) is 29.4. The van der Waals surface area contributed by atoms with Crippen LogP contribution >= 0.6 is 23.2 Å². The van der Waals surface area contributed by atoms with Crippen LogP contribution in [0.5, 0.6) is 11.5 Å². The third kappa shape index (κ3) is 9.50. The van der Waals surface area contributed by atoms with E-state index >= 15 is 0 Å². The summed E-state index contributed by atoms with van der Waals surface area (Å²) in [5.74, 6) is 0.179. The smallest absolute Gasteiger partial charge is 0.264 e. The first kappa shape index (κ1) is 35.8. The summed E-state index contributed by atoms with van der Waals surface area (Å²) in [6.07, 6.45) is 0.283. The van der Waals surface area contributed by atoms with Gasteiger partial charge in [-0.2, -0.15) is 0 Å². The quantitative estimate of drug-likeness (QED) is 0.162. The van der Waals surface area contributed by atoms with E-state index in [9.17, 15) is 18.0 Å². The van der Waals surface area contributed by atoms with Crippen LogP contribution in [0.1, 0.15) is 45.2 Å². The topological polar surface area (TPSA) is 96.0 Å². The van der Waals surface area contributed by atoms with Crippen LogP contribution in [0.4, 0.5) is 5.69 Å². The van der Waals surface area contributed by atoms with Crippen molar-refractivity contribution in [2.24, 2.45) is 0 Å². The minimum Gasteiger partial charge on any atom is -0.457 e. The molecule has 0 aliphatic carbocycles. The van der Waals surface area contributed by atoms with Gasteiger partial charge in [0, 0.05) is 12.1 Å². The Morgan fingerprint density at radius 2 is 1.47 bits per heavy atom. The van der Waals surface area contributed by atoms with Crippen LogP contribution in [0.2, 0.25) is 10.0 Å². The standard InChI is InChI=1S/C36H39Cl2N3O5S/c1-6-33(35(43)39-36(3,4)5)40(23-26-14-21-31(37)32(38)22-26)34(42)24-41(47(44,45)30-19-12-25(2)13-20-30)27-15-17-29(18-16-27)46-28-10-8-7-9-11-28/h7-22,33H,6,23-24H2,1-5H3,(H,39,43). The van der Waals surface area contributed by atoms with Crippen molar-refractivity contribution in [1.29, 1.82) is 0 Å². The van der Waals surface area contributed by atoms with Crippen molar-refractivity contribution in [3.8, 4) is 11.5 Å². The third-order valence-electron chi connectivity index (χ3n) is 7.21. The molecule has 0 aliphatic heterocycles. The van der Waals surface area contributed by atoms with Crippen LogP contribution in [-0.4, -0.2) is 43.3 Å². The van der Waals surface area contributed by atoms with Gasteiger partial charge in [0.15, 0.2) is 0 Å². The number of sulfonamides is 1. The number of hydrogen-bond donors (Lipinski definition) is 1. The maximum atomic E-state index is 14.3. The molecule has 4 rings (SSSR count). The number of amides is 2. The molecule has 1 unspecified atom stereocenters. The maximum Gasteiger partial charge on any atom is 0.264 e. The molecule has 0 bridgehead atoms. The summed E-state index contributed by atoms with van der Waals surface area (Å²) < 4.78 is 35.3. The van der Waals surface area contributed by atoms with Crippen LogP contribution in [0.3, 0.4) is 0 Å². The van der Waals surface area contributed by atoms with Gasteiger partial charge in [-0.1, -0.05) is 72.1 Å². The Balaban J connectivity index is 1.75. The maximum absolute atomic E-state index is 14.3. The highest BCUT2D eigenvalue weighted by atomic mass is 35.5. The van der Waals surface area contributed by atoms with E-state index in [0.717, 1.165) is 9.87 Å².